The molecule has 1 N–H and O–H groups in total. The zero-order valence-corrected chi connectivity index (χ0v) is 19.8. The first-order chi connectivity index (χ1) is 15.8. The van der Waals surface area contributed by atoms with Crippen molar-refractivity contribution in [2.45, 2.75) is 59.7 Å². The van der Waals surface area contributed by atoms with Crippen molar-refractivity contribution in [2.75, 3.05) is 0 Å². The number of nitrogens with one attached hydrogen (secondary N) is 1. The first-order valence-electron chi connectivity index (χ1n) is 11.6. The molecule has 0 bridgehead atoms. The van der Waals surface area contributed by atoms with Crippen LogP contribution in [0.25, 0.3) is 5.69 Å². The summed E-state index contributed by atoms with van der Waals surface area (Å²) in [7, 11) is 0. The number of hydrogen-bond acceptors (Lipinski definition) is 3. The van der Waals surface area contributed by atoms with Gasteiger partial charge in [0, 0.05) is 37.2 Å². The maximum Gasteiger partial charge on any atom is 0.243 e. The first kappa shape index (κ1) is 22.8. The van der Waals surface area contributed by atoms with Crippen LogP contribution in [0.1, 0.15) is 48.3 Å². The van der Waals surface area contributed by atoms with Crippen LogP contribution < -0.4 is 5.32 Å². The fourth-order valence-electron chi connectivity index (χ4n) is 4.53. The Morgan fingerprint density at radius 2 is 1.70 bits per heavy atom. The molecule has 0 spiro atoms. The van der Waals surface area contributed by atoms with Crippen LogP contribution in [0, 0.1) is 19.8 Å². The maximum absolute atomic E-state index is 13.3. The van der Waals surface area contributed by atoms with Crippen molar-refractivity contribution in [3.8, 4) is 5.69 Å². The number of amides is 2. The van der Waals surface area contributed by atoms with E-state index >= 15 is 0 Å². The Morgan fingerprint density at radius 3 is 2.39 bits per heavy atom. The second-order valence-corrected chi connectivity index (χ2v) is 9.22. The molecule has 33 heavy (non-hydrogen) atoms. The Labute approximate surface area is 195 Å². The summed E-state index contributed by atoms with van der Waals surface area (Å²) in [6.45, 7) is 8.90. The van der Waals surface area contributed by atoms with Crippen LogP contribution in [-0.2, 0) is 29.1 Å². The van der Waals surface area contributed by atoms with E-state index in [1.165, 1.54) is 0 Å². The van der Waals surface area contributed by atoms with E-state index in [0.717, 1.165) is 33.8 Å². The number of aryl methyl sites for hydroxylation is 1. The van der Waals surface area contributed by atoms with Crippen molar-refractivity contribution in [1.29, 1.82) is 0 Å². The highest BCUT2D eigenvalue weighted by Gasteiger charge is 2.34. The molecule has 6 nitrogen and oxygen atoms in total. The molecule has 0 fully saturated rings. The molecule has 1 aliphatic heterocycles. The van der Waals surface area contributed by atoms with Gasteiger partial charge in [-0.15, -0.1) is 0 Å². The number of fused-ring (bicyclic) bond motifs is 1. The lowest BCUT2D eigenvalue weighted by Crippen LogP contribution is -2.52. The predicted molar refractivity (Wildman–Crippen MR) is 129 cm³/mol. The fraction of sp³-hybridized carbons (Fsp3) is 0.370. The number of para-hydroxylation sites is 1. The van der Waals surface area contributed by atoms with Crippen LogP contribution in [-0.4, -0.2) is 32.5 Å². The minimum Gasteiger partial charge on any atom is -0.350 e. The highest BCUT2D eigenvalue weighted by molar-refractivity contribution is 5.88. The second-order valence-electron chi connectivity index (χ2n) is 9.22. The van der Waals surface area contributed by atoms with Crippen molar-refractivity contribution < 1.29 is 9.59 Å². The van der Waals surface area contributed by atoms with Gasteiger partial charge in [-0.1, -0.05) is 56.3 Å². The average Bonchev–Trinajstić information content (AvgIpc) is 3.09. The van der Waals surface area contributed by atoms with Gasteiger partial charge < -0.3 is 10.2 Å². The van der Waals surface area contributed by atoms with Crippen LogP contribution >= 0.6 is 0 Å². The van der Waals surface area contributed by atoms with Crippen molar-refractivity contribution in [3.63, 3.8) is 0 Å². The largest absolute Gasteiger partial charge is 0.350 e. The minimum atomic E-state index is -0.504. The molecule has 2 aromatic carbocycles. The van der Waals surface area contributed by atoms with E-state index in [-0.39, 0.29) is 17.7 Å². The summed E-state index contributed by atoms with van der Waals surface area (Å²) < 4.78 is 1.91. The van der Waals surface area contributed by atoms with E-state index in [2.05, 4.69) is 16.5 Å². The fourth-order valence-corrected chi connectivity index (χ4v) is 4.53. The monoisotopic (exact) mass is 444 g/mol. The van der Waals surface area contributed by atoms with Gasteiger partial charge in [0.2, 0.25) is 11.8 Å². The van der Waals surface area contributed by atoms with Crippen molar-refractivity contribution in [3.05, 3.63) is 82.7 Å². The minimum absolute atomic E-state index is 0.0314. The van der Waals surface area contributed by atoms with Gasteiger partial charge in [-0.3, -0.25) is 9.59 Å². The summed E-state index contributed by atoms with van der Waals surface area (Å²) in [6.07, 6.45) is 0.973. The highest BCUT2D eigenvalue weighted by Crippen LogP contribution is 2.25. The Balaban J connectivity index is 1.53. The molecule has 1 unspecified atom stereocenters. The van der Waals surface area contributed by atoms with E-state index in [0.29, 0.717) is 25.9 Å². The quantitative estimate of drug-likeness (QED) is 0.622. The van der Waals surface area contributed by atoms with Crippen LogP contribution in [0.2, 0.25) is 0 Å². The number of rotatable bonds is 6. The molecule has 3 aromatic rings. The van der Waals surface area contributed by atoms with Gasteiger partial charge in [-0.2, -0.15) is 5.10 Å². The van der Waals surface area contributed by atoms with Crippen molar-refractivity contribution in [2.24, 2.45) is 5.92 Å². The highest BCUT2D eigenvalue weighted by atomic mass is 16.2. The maximum atomic E-state index is 13.3. The van der Waals surface area contributed by atoms with E-state index in [1.54, 1.807) is 4.90 Å². The lowest BCUT2D eigenvalue weighted by Gasteiger charge is -2.36. The number of aromatic nitrogens is 2. The van der Waals surface area contributed by atoms with Crippen molar-refractivity contribution >= 4 is 11.8 Å². The van der Waals surface area contributed by atoms with Gasteiger partial charge in [0.25, 0.3) is 0 Å². The van der Waals surface area contributed by atoms with Crippen LogP contribution in [0.4, 0.5) is 0 Å². The summed E-state index contributed by atoms with van der Waals surface area (Å²) in [6, 6.07) is 17.5. The lowest BCUT2D eigenvalue weighted by atomic mass is 9.92. The van der Waals surface area contributed by atoms with E-state index in [1.807, 2.05) is 80.9 Å². The molecule has 1 aliphatic rings. The lowest BCUT2D eigenvalue weighted by molar-refractivity contribution is -0.142. The summed E-state index contributed by atoms with van der Waals surface area (Å²) >= 11 is 0. The van der Waals surface area contributed by atoms with Crippen LogP contribution in [0.15, 0.2) is 54.6 Å². The first-order valence-corrected chi connectivity index (χ1v) is 11.6. The number of nitrogens with zero attached hydrogens (tertiary/aromatic N) is 3. The molecule has 0 aliphatic carbocycles. The Hall–Kier alpha value is -3.41. The molecule has 4 rings (SSSR count). The van der Waals surface area contributed by atoms with Gasteiger partial charge in [-0.25, -0.2) is 4.68 Å². The van der Waals surface area contributed by atoms with Gasteiger partial charge in [-0.05, 0) is 43.0 Å². The molecule has 2 heterocycles. The zero-order valence-electron chi connectivity index (χ0n) is 19.8. The third-order valence-electron chi connectivity index (χ3n) is 6.34. The molecule has 2 amide bonds. The topological polar surface area (TPSA) is 67.2 Å². The number of carbonyl (C=O) groups excluding carboxylic acids is 2. The average molecular weight is 445 g/mol. The standard InChI is InChI=1S/C27H32N4O2/c1-18(2)14-26(32)30-17-22-11-9-8-10-21(22)15-25(30)27(33)28-16-24-19(3)29-31(20(24)4)23-12-6-5-7-13-23/h5-13,18,25H,14-17H2,1-4H3,(H,28,33). The molecule has 1 atom stereocenters. The Kier molecular flexibility index (Phi) is 6.63. The summed E-state index contributed by atoms with van der Waals surface area (Å²) in [4.78, 5) is 28.1. The van der Waals surface area contributed by atoms with Gasteiger partial charge in [0.1, 0.15) is 6.04 Å². The van der Waals surface area contributed by atoms with E-state index in [9.17, 15) is 9.59 Å². The number of carbonyl (C=O) groups is 2. The number of hydrogen-bond donors (Lipinski definition) is 1. The molecular weight excluding hydrogens is 412 g/mol. The molecular formula is C27H32N4O2. The Bertz CT molecular complexity index is 1150. The van der Waals surface area contributed by atoms with E-state index < -0.39 is 6.04 Å². The van der Waals surface area contributed by atoms with Crippen molar-refractivity contribution in [1.82, 2.24) is 20.0 Å². The molecule has 172 valence electrons. The molecule has 1 aromatic heterocycles. The summed E-state index contributed by atoms with van der Waals surface area (Å²) in [5.74, 6) is 0.157. The van der Waals surface area contributed by atoms with Gasteiger partial charge in [0.05, 0.1) is 11.4 Å². The Morgan fingerprint density at radius 1 is 1.03 bits per heavy atom. The normalized spacial score (nSPS) is 15.4. The van der Waals surface area contributed by atoms with Gasteiger partial charge in [0.15, 0.2) is 0 Å². The molecule has 6 heteroatoms. The van der Waals surface area contributed by atoms with Crippen LogP contribution in [0.5, 0.6) is 0 Å². The summed E-state index contributed by atoms with van der Waals surface area (Å²) in [5.41, 5.74) is 6.14. The SMILES string of the molecule is Cc1nn(-c2ccccc2)c(C)c1CNC(=O)C1Cc2ccccc2CN1C(=O)CC(C)C. The van der Waals surface area contributed by atoms with Crippen LogP contribution in [0.3, 0.4) is 0 Å². The number of benzene rings is 2. The summed E-state index contributed by atoms with van der Waals surface area (Å²) in [5, 5.41) is 7.78. The smallest absolute Gasteiger partial charge is 0.243 e. The van der Waals surface area contributed by atoms with Gasteiger partial charge >= 0.3 is 0 Å². The molecule has 0 radical (unpaired) electrons. The predicted octanol–water partition coefficient (Wildman–Crippen LogP) is 4.10. The third-order valence-corrected chi connectivity index (χ3v) is 6.34. The molecule has 0 saturated heterocycles. The zero-order chi connectivity index (χ0) is 23.5. The molecule has 0 saturated carbocycles. The third kappa shape index (κ3) is 4.85. The van der Waals surface area contributed by atoms with E-state index in [4.69, 9.17) is 0 Å². The second kappa shape index (κ2) is 9.61.